The van der Waals surface area contributed by atoms with Gasteiger partial charge in [-0.25, -0.2) is 4.79 Å². The Labute approximate surface area is 131 Å². The molecule has 1 fully saturated rings. The molecular formula is C17H17N3O3. The molecule has 118 valence electrons. The maximum Gasteiger partial charge on any atom is 0.335 e. The Kier molecular flexibility index (Phi) is 3.01. The first-order chi connectivity index (χ1) is 11.0. The number of carbonyl (C=O) groups is 1. The zero-order valence-electron chi connectivity index (χ0n) is 12.8. The Morgan fingerprint density at radius 2 is 2.17 bits per heavy atom. The lowest BCUT2D eigenvalue weighted by atomic mass is 9.85. The summed E-state index contributed by atoms with van der Waals surface area (Å²) in [5.74, 6) is -0.370. The van der Waals surface area contributed by atoms with Crippen LogP contribution in [0.2, 0.25) is 0 Å². The summed E-state index contributed by atoms with van der Waals surface area (Å²) in [4.78, 5) is 26.5. The van der Waals surface area contributed by atoms with Crippen molar-refractivity contribution in [2.24, 2.45) is 5.92 Å². The first-order valence-electron chi connectivity index (χ1n) is 7.80. The molecule has 6 heteroatoms. The maximum atomic E-state index is 12.3. The minimum atomic E-state index is -0.964. The molecule has 0 amide bonds. The standard InChI is InChI=1S/C17H17N3O3/c1-9-5-14-12(6-11(9)17(22)23)15-13(16(21)19-14)7-18-20(15)8-10-3-2-4-10/h5-7,10H,2-4,8H2,1H3,(H,19,21)(H,22,23). The van der Waals surface area contributed by atoms with Gasteiger partial charge >= 0.3 is 5.97 Å². The molecule has 0 aliphatic heterocycles. The van der Waals surface area contributed by atoms with Crippen LogP contribution in [0.25, 0.3) is 21.8 Å². The van der Waals surface area contributed by atoms with E-state index in [2.05, 4.69) is 10.1 Å². The van der Waals surface area contributed by atoms with Crippen molar-refractivity contribution < 1.29 is 9.90 Å². The molecule has 0 radical (unpaired) electrons. The van der Waals surface area contributed by atoms with Crippen LogP contribution in [0.15, 0.2) is 23.1 Å². The Hall–Kier alpha value is -2.63. The number of carboxylic acid groups (broad SMARTS) is 1. The molecule has 4 rings (SSSR count). The minimum absolute atomic E-state index is 0.185. The molecule has 23 heavy (non-hydrogen) atoms. The zero-order chi connectivity index (χ0) is 16.1. The van der Waals surface area contributed by atoms with Crippen molar-refractivity contribution in [3.63, 3.8) is 0 Å². The molecular weight excluding hydrogens is 294 g/mol. The van der Waals surface area contributed by atoms with E-state index in [1.807, 2.05) is 4.68 Å². The highest BCUT2D eigenvalue weighted by atomic mass is 16.4. The predicted molar refractivity (Wildman–Crippen MR) is 86.9 cm³/mol. The van der Waals surface area contributed by atoms with Gasteiger partial charge in [0.15, 0.2) is 0 Å². The van der Waals surface area contributed by atoms with E-state index in [1.165, 1.54) is 19.3 Å². The topological polar surface area (TPSA) is 88.0 Å². The molecule has 0 spiro atoms. The van der Waals surface area contributed by atoms with E-state index in [0.29, 0.717) is 22.4 Å². The first-order valence-corrected chi connectivity index (χ1v) is 7.80. The fourth-order valence-electron chi connectivity index (χ4n) is 3.32. The van der Waals surface area contributed by atoms with Crippen molar-refractivity contribution in [3.8, 4) is 0 Å². The average molecular weight is 311 g/mol. The van der Waals surface area contributed by atoms with Crippen LogP contribution in [0.3, 0.4) is 0 Å². The van der Waals surface area contributed by atoms with Gasteiger partial charge in [-0.2, -0.15) is 5.10 Å². The highest BCUT2D eigenvalue weighted by Crippen LogP contribution is 2.30. The Morgan fingerprint density at radius 3 is 2.83 bits per heavy atom. The number of nitrogens with one attached hydrogen (secondary N) is 1. The van der Waals surface area contributed by atoms with E-state index in [-0.39, 0.29) is 11.1 Å². The summed E-state index contributed by atoms with van der Waals surface area (Å²) in [5.41, 5.74) is 2.08. The van der Waals surface area contributed by atoms with Crippen molar-refractivity contribution in [1.82, 2.24) is 14.8 Å². The monoisotopic (exact) mass is 311 g/mol. The van der Waals surface area contributed by atoms with Gasteiger partial charge in [0.05, 0.1) is 28.2 Å². The molecule has 0 saturated heterocycles. The maximum absolute atomic E-state index is 12.3. The zero-order valence-corrected chi connectivity index (χ0v) is 12.8. The summed E-state index contributed by atoms with van der Waals surface area (Å²) in [7, 11) is 0. The first kappa shape index (κ1) is 14.0. The van der Waals surface area contributed by atoms with Crippen LogP contribution in [0.1, 0.15) is 35.2 Å². The lowest BCUT2D eigenvalue weighted by Crippen LogP contribution is -2.19. The van der Waals surface area contributed by atoms with Crippen molar-refractivity contribution in [2.45, 2.75) is 32.7 Å². The number of hydrogen-bond donors (Lipinski definition) is 2. The summed E-state index contributed by atoms with van der Waals surface area (Å²) in [5, 5.41) is 15.0. The van der Waals surface area contributed by atoms with E-state index < -0.39 is 5.97 Å². The molecule has 1 aliphatic rings. The molecule has 2 N–H and O–H groups in total. The van der Waals surface area contributed by atoms with Crippen LogP contribution in [-0.4, -0.2) is 25.8 Å². The van der Waals surface area contributed by atoms with Crippen molar-refractivity contribution in [1.29, 1.82) is 0 Å². The molecule has 2 heterocycles. The van der Waals surface area contributed by atoms with Crippen molar-refractivity contribution in [2.75, 3.05) is 0 Å². The number of hydrogen-bond acceptors (Lipinski definition) is 3. The summed E-state index contributed by atoms with van der Waals surface area (Å²) in [6.45, 7) is 2.51. The predicted octanol–water partition coefficient (Wildman–Crippen LogP) is 2.68. The van der Waals surface area contributed by atoms with Gasteiger partial charge in [-0.05, 0) is 43.4 Å². The van der Waals surface area contributed by atoms with Gasteiger partial charge in [-0.1, -0.05) is 6.42 Å². The third-order valence-electron chi connectivity index (χ3n) is 4.84. The normalized spacial score (nSPS) is 15.2. The quantitative estimate of drug-likeness (QED) is 0.778. The van der Waals surface area contributed by atoms with E-state index in [1.54, 1.807) is 25.3 Å². The van der Waals surface area contributed by atoms with Crippen LogP contribution in [0.5, 0.6) is 0 Å². The number of carboxylic acids is 1. The van der Waals surface area contributed by atoms with E-state index in [9.17, 15) is 14.7 Å². The highest BCUT2D eigenvalue weighted by molar-refractivity contribution is 6.06. The lowest BCUT2D eigenvalue weighted by molar-refractivity contribution is 0.0696. The SMILES string of the molecule is Cc1cc2[nH]c(=O)c3cnn(CC4CCC4)c3c2cc1C(=O)O. The number of aromatic nitrogens is 3. The Bertz CT molecular complexity index is 996. The van der Waals surface area contributed by atoms with Crippen LogP contribution in [-0.2, 0) is 6.54 Å². The number of aromatic amines is 1. The van der Waals surface area contributed by atoms with Gasteiger partial charge in [0, 0.05) is 11.9 Å². The third-order valence-corrected chi connectivity index (χ3v) is 4.84. The molecule has 0 unspecified atom stereocenters. The molecule has 1 aromatic carbocycles. The van der Waals surface area contributed by atoms with Gasteiger partial charge in [-0.3, -0.25) is 9.48 Å². The highest BCUT2D eigenvalue weighted by Gasteiger charge is 2.21. The van der Waals surface area contributed by atoms with Crippen molar-refractivity contribution in [3.05, 3.63) is 39.8 Å². The fourth-order valence-corrected chi connectivity index (χ4v) is 3.32. The number of benzene rings is 1. The van der Waals surface area contributed by atoms with Gasteiger partial charge in [0.2, 0.25) is 0 Å². The molecule has 1 saturated carbocycles. The van der Waals surface area contributed by atoms with Crippen LogP contribution in [0, 0.1) is 12.8 Å². The summed E-state index contributed by atoms with van der Waals surface area (Å²) in [6.07, 6.45) is 5.18. The number of pyridine rings is 1. The molecule has 0 atom stereocenters. The molecule has 6 nitrogen and oxygen atoms in total. The minimum Gasteiger partial charge on any atom is -0.478 e. The van der Waals surface area contributed by atoms with Crippen LogP contribution < -0.4 is 5.56 Å². The second-order valence-corrected chi connectivity index (χ2v) is 6.36. The van der Waals surface area contributed by atoms with Gasteiger partial charge in [-0.15, -0.1) is 0 Å². The van der Waals surface area contributed by atoms with Crippen molar-refractivity contribution >= 4 is 27.8 Å². The van der Waals surface area contributed by atoms with E-state index in [0.717, 1.165) is 17.4 Å². The van der Waals surface area contributed by atoms with Crippen LogP contribution in [0.4, 0.5) is 0 Å². The number of rotatable bonds is 3. The van der Waals surface area contributed by atoms with Gasteiger partial charge in [0.1, 0.15) is 0 Å². The number of aryl methyl sites for hydroxylation is 1. The van der Waals surface area contributed by atoms with E-state index >= 15 is 0 Å². The van der Waals surface area contributed by atoms with Gasteiger partial charge < -0.3 is 10.1 Å². The summed E-state index contributed by atoms with van der Waals surface area (Å²) >= 11 is 0. The number of nitrogens with zero attached hydrogens (tertiary/aromatic N) is 2. The molecule has 1 aliphatic carbocycles. The Balaban J connectivity index is 2.03. The lowest BCUT2D eigenvalue weighted by Gasteiger charge is -2.25. The smallest absolute Gasteiger partial charge is 0.335 e. The van der Waals surface area contributed by atoms with Crippen LogP contribution >= 0.6 is 0 Å². The summed E-state index contributed by atoms with van der Waals surface area (Å²) in [6, 6.07) is 3.37. The van der Waals surface area contributed by atoms with E-state index in [4.69, 9.17) is 0 Å². The molecule has 3 aromatic rings. The van der Waals surface area contributed by atoms with Gasteiger partial charge in [0.25, 0.3) is 5.56 Å². The molecule has 0 bridgehead atoms. The number of aromatic carboxylic acids is 1. The number of fused-ring (bicyclic) bond motifs is 3. The molecule has 2 aromatic heterocycles. The summed E-state index contributed by atoms with van der Waals surface area (Å²) < 4.78 is 1.86. The Morgan fingerprint density at radius 1 is 1.39 bits per heavy atom. The fraction of sp³-hybridized carbons (Fsp3) is 0.353. The number of H-pyrrole nitrogens is 1. The third kappa shape index (κ3) is 2.13. The average Bonchev–Trinajstić information content (AvgIpc) is 2.86. The largest absolute Gasteiger partial charge is 0.478 e. The second kappa shape index (κ2) is 4.94. The second-order valence-electron chi connectivity index (χ2n) is 6.36.